The van der Waals surface area contributed by atoms with Crippen LogP contribution in [-0.4, -0.2) is 28.4 Å². The molecule has 3 rings (SSSR count). The summed E-state index contributed by atoms with van der Waals surface area (Å²) in [5.74, 6) is -1.64. The highest BCUT2D eigenvalue weighted by atomic mass is 79.9. The lowest BCUT2D eigenvalue weighted by molar-refractivity contribution is -0.143. The van der Waals surface area contributed by atoms with E-state index in [0.717, 1.165) is 0 Å². The van der Waals surface area contributed by atoms with E-state index < -0.39 is 11.8 Å². The van der Waals surface area contributed by atoms with Crippen LogP contribution in [0.4, 0.5) is 4.39 Å². The topological polar surface area (TPSA) is 76.5 Å². The second-order valence-corrected chi connectivity index (χ2v) is 6.91. The molecular weight excluding hydrogens is 429 g/mol. The largest absolute Gasteiger partial charge is 0.504 e. The first kappa shape index (κ1) is 19.9. The van der Waals surface area contributed by atoms with Crippen LogP contribution in [0.25, 0.3) is 22.0 Å². The number of carbonyl (C=O) groups is 2. The summed E-state index contributed by atoms with van der Waals surface area (Å²) in [6.07, 6.45) is -0.241. The molecule has 1 aromatic heterocycles. The highest BCUT2D eigenvalue weighted by Gasteiger charge is 2.20. The van der Waals surface area contributed by atoms with E-state index in [2.05, 4.69) is 20.9 Å². The quantitative estimate of drug-likeness (QED) is 0.425. The van der Waals surface area contributed by atoms with E-state index in [0.29, 0.717) is 22.0 Å². The Morgan fingerprint density at radius 3 is 2.57 bits per heavy atom. The number of carbonyl (C=O) groups excluding carboxylic acids is 2. The number of esters is 1. The van der Waals surface area contributed by atoms with Crippen molar-refractivity contribution >= 4 is 38.5 Å². The van der Waals surface area contributed by atoms with Crippen LogP contribution in [0.3, 0.4) is 0 Å². The first-order valence-corrected chi connectivity index (χ1v) is 9.47. The van der Waals surface area contributed by atoms with Gasteiger partial charge in [-0.15, -0.1) is 0 Å². The van der Waals surface area contributed by atoms with Crippen LogP contribution in [-0.2, 0) is 9.53 Å². The van der Waals surface area contributed by atoms with Crippen LogP contribution in [0, 0.1) is 5.82 Å². The van der Waals surface area contributed by atoms with Gasteiger partial charge < -0.3 is 9.84 Å². The number of aromatic nitrogens is 1. The van der Waals surface area contributed by atoms with Crippen molar-refractivity contribution in [3.05, 3.63) is 58.4 Å². The maximum atomic E-state index is 14.1. The Balaban J connectivity index is 2.02. The average Bonchev–Trinajstić information content (AvgIpc) is 2.69. The van der Waals surface area contributed by atoms with E-state index in [1.165, 1.54) is 6.07 Å². The van der Waals surface area contributed by atoms with Crippen molar-refractivity contribution < 1.29 is 23.8 Å². The molecule has 1 N–H and O–H groups in total. The molecule has 0 aliphatic carbocycles. The highest BCUT2D eigenvalue weighted by Crippen LogP contribution is 2.35. The summed E-state index contributed by atoms with van der Waals surface area (Å²) in [7, 11) is 0. The number of halogens is 2. The Morgan fingerprint density at radius 2 is 1.86 bits per heavy atom. The Hall–Kier alpha value is -2.80. The van der Waals surface area contributed by atoms with Gasteiger partial charge in [-0.3, -0.25) is 9.59 Å². The monoisotopic (exact) mass is 445 g/mol. The summed E-state index contributed by atoms with van der Waals surface area (Å²) >= 11 is 3.24. The molecule has 0 radical (unpaired) electrons. The zero-order chi connectivity index (χ0) is 20.3. The van der Waals surface area contributed by atoms with Crippen molar-refractivity contribution in [1.82, 2.24) is 4.98 Å². The smallest absolute Gasteiger partial charge is 0.306 e. The average molecular weight is 446 g/mol. The fraction of sp³-hybridized carbons (Fsp3) is 0.190. The van der Waals surface area contributed by atoms with Gasteiger partial charge in [0.2, 0.25) is 0 Å². The number of ether oxygens (including phenoxy) is 1. The minimum absolute atomic E-state index is 0.102. The first-order chi connectivity index (χ1) is 13.4. The number of pyridine rings is 1. The van der Waals surface area contributed by atoms with E-state index in [4.69, 9.17) is 4.74 Å². The van der Waals surface area contributed by atoms with Gasteiger partial charge in [-0.1, -0.05) is 24.3 Å². The molecule has 0 fully saturated rings. The van der Waals surface area contributed by atoms with Crippen molar-refractivity contribution in [3.63, 3.8) is 0 Å². The van der Waals surface area contributed by atoms with Gasteiger partial charge in [0, 0.05) is 17.4 Å². The molecule has 0 amide bonds. The van der Waals surface area contributed by atoms with E-state index in [9.17, 15) is 19.1 Å². The lowest BCUT2D eigenvalue weighted by Gasteiger charge is -2.11. The zero-order valence-electron chi connectivity index (χ0n) is 15.0. The zero-order valence-corrected chi connectivity index (χ0v) is 16.6. The maximum absolute atomic E-state index is 14.1. The summed E-state index contributed by atoms with van der Waals surface area (Å²) < 4.78 is 19.2. The Labute approximate surface area is 169 Å². The molecule has 1 heterocycles. The van der Waals surface area contributed by atoms with Crippen LogP contribution in [0.5, 0.6) is 5.75 Å². The van der Waals surface area contributed by atoms with Gasteiger partial charge in [-0.2, -0.15) is 0 Å². The summed E-state index contributed by atoms with van der Waals surface area (Å²) in [5.41, 5.74) is 0.875. The first-order valence-electron chi connectivity index (χ1n) is 8.68. The molecule has 0 unspecified atom stereocenters. The number of Topliss-reactive ketones (excluding diaryl/α,β-unsaturated/α-hetero) is 1. The molecule has 0 saturated heterocycles. The SMILES string of the molecule is CCOC(=O)CCC(=O)c1nc(-c2ccc(F)c3ccccc23)cc(Br)c1O. The molecule has 0 atom stereocenters. The fourth-order valence-electron chi connectivity index (χ4n) is 2.89. The minimum Gasteiger partial charge on any atom is -0.504 e. The molecule has 3 aromatic rings. The van der Waals surface area contributed by atoms with Crippen molar-refractivity contribution in [2.24, 2.45) is 0 Å². The number of rotatable bonds is 6. The van der Waals surface area contributed by atoms with E-state index >= 15 is 0 Å². The predicted octanol–water partition coefficient (Wildman–Crippen LogP) is 5.04. The Bertz CT molecular complexity index is 1070. The molecule has 28 heavy (non-hydrogen) atoms. The highest BCUT2D eigenvalue weighted by molar-refractivity contribution is 9.10. The van der Waals surface area contributed by atoms with Crippen molar-refractivity contribution in [2.45, 2.75) is 19.8 Å². The van der Waals surface area contributed by atoms with Gasteiger partial charge in [0.05, 0.1) is 23.2 Å². The summed E-state index contributed by atoms with van der Waals surface area (Å²) in [6, 6.07) is 11.4. The Kier molecular flexibility index (Phi) is 6.04. The van der Waals surface area contributed by atoms with Gasteiger partial charge >= 0.3 is 5.97 Å². The number of fused-ring (bicyclic) bond motifs is 1. The van der Waals surface area contributed by atoms with Crippen LogP contribution < -0.4 is 0 Å². The predicted molar refractivity (Wildman–Crippen MR) is 107 cm³/mol. The van der Waals surface area contributed by atoms with Crippen molar-refractivity contribution in [2.75, 3.05) is 6.61 Å². The minimum atomic E-state index is -0.491. The number of ketones is 1. The number of hydrogen-bond acceptors (Lipinski definition) is 5. The third kappa shape index (κ3) is 4.04. The van der Waals surface area contributed by atoms with Crippen LogP contribution in [0.15, 0.2) is 46.9 Å². The molecule has 5 nitrogen and oxygen atoms in total. The van der Waals surface area contributed by atoms with Crippen molar-refractivity contribution in [3.8, 4) is 17.0 Å². The van der Waals surface area contributed by atoms with Crippen LogP contribution in [0.1, 0.15) is 30.3 Å². The standard InChI is InChI=1S/C21H17BrFNO4/c1-2-28-19(26)10-9-18(25)20-21(27)15(22)11-17(24-20)14-7-8-16(23)13-6-4-3-5-12(13)14/h3-8,11,27H,2,9-10H2,1H3. The normalized spacial score (nSPS) is 10.8. The third-order valence-corrected chi connectivity index (χ3v) is 4.82. The molecule has 0 spiro atoms. The number of hydrogen-bond donors (Lipinski definition) is 1. The molecular formula is C21H17BrFNO4. The molecule has 0 saturated carbocycles. The molecule has 2 aromatic carbocycles. The van der Waals surface area contributed by atoms with Gasteiger partial charge in [-0.25, -0.2) is 9.37 Å². The second kappa shape index (κ2) is 8.48. The summed E-state index contributed by atoms with van der Waals surface area (Å²) in [4.78, 5) is 28.3. The Morgan fingerprint density at radius 1 is 1.14 bits per heavy atom. The number of nitrogens with zero attached hydrogens (tertiary/aromatic N) is 1. The molecule has 0 aliphatic heterocycles. The van der Waals surface area contributed by atoms with Crippen LogP contribution in [0.2, 0.25) is 0 Å². The lowest BCUT2D eigenvalue weighted by Crippen LogP contribution is -2.10. The molecule has 0 aliphatic rings. The van der Waals surface area contributed by atoms with E-state index in [-0.39, 0.29) is 41.2 Å². The summed E-state index contributed by atoms with van der Waals surface area (Å²) in [6.45, 7) is 1.91. The third-order valence-electron chi connectivity index (χ3n) is 4.22. The van der Waals surface area contributed by atoms with E-state index in [1.807, 2.05) is 0 Å². The van der Waals surface area contributed by atoms with Gasteiger partial charge in [0.1, 0.15) is 11.5 Å². The fourth-order valence-corrected chi connectivity index (χ4v) is 3.30. The lowest BCUT2D eigenvalue weighted by atomic mass is 10.0. The summed E-state index contributed by atoms with van der Waals surface area (Å²) in [5, 5.41) is 11.3. The maximum Gasteiger partial charge on any atom is 0.306 e. The van der Waals surface area contributed by atoms with Gasteiger partial charge in [0.25, 0.3) is 0 Å². The number of benzene rings is 2. The van der Waals surface area contributed by atoms with E-state index in [1.54, 1.807) is 43.3 Å². The molecule has 7 heteroatoms. The molecule has 0 bridgehead atoms. The number of aromatic hydroxyl groups is 1. The van der Waals surface area contributed by atoms with Gasteiger partial charge in [0.15, 0.2) is 11.5 Å². The molecule has 144 valence electrons. The second-order valence-electron chi connectivity index (χ2n) is 6.06. The van der Waals surface area contributed by atoms with Gasteiger partial charge in [-0.05, 0) is 46.4 Å². The van der Waals surface area contributed by atoms with Crippen molar-refractivity contribution in [1.29, 1.82) is 0 Å². The van der Waals surface area contributed by atoms with Crippen LogP contribution >= 0.6 is 15.9 Å².